The van der Waals surface area contributed by atoms with Gasteiger partial charge in [-0.05, 0) is 6.92 Å². The Morgan fingerprint density at radius 1 is 1.19 bits per heavy atom. The number of hydrogen-bond donors (Lipinski definition) is 4. The molecule has 1 rings (SSSR count). The van der Waals surface area contributed by atoms with E-state index >= 15 is 0 Å². The predicted octanol–water partition coefficient (Wildman–Crippen LogP) is -3.30. The van der Waals surface area contributed by atoms with E-state index in [-0.39, 0.29) is 36.2 Å². The molecule has 0 spiro atoms. The Morgan fingerprint density at radius 3 is 2.25 bits per heavy atom. The van der Waals surface area contributed by atoms with Crippen molar-refractivity contribution < 1.29 is 34.7 Å². The zero-order chi connectivity index (χ0) is 11.6. The Labute approximate surface area is 114 Å². The molecule has 0 aromatic heterocycles. The molecule has 7 nitrogen and oxygen atoms in total. The summed E-state index contributed by atoms with van der Waals surface area (Å²) in [5.74, 6) is -0.894. The zero-order valence-electron chi connectivity index (χ0n) is 8.11. The van der Waals surface area contributed by atoms with Gasteiger partial charge in [-0.15, -0.1) is 0 Å². The van der Waals surface area contributed by atoms with Gasteiger partial charge in [0.15, 0.2) is 12.4 Å². The molecule has 1 fully saturated rings. The fourth-order valence-corrected chi connectivity index (χ4v) is 1.28. The van der Waals surface area contributed by atoms with Crippen LogP contribution in [0.3, 0.4) is 0 Å². The van der Waals surface area contributed by atoms with Crippen LogP contribution in [0.15, 0.2) is 0 Å². The first-order chi connectivity index (χ1) is 6.99. The van der Waals surface area contributed by atoms with Crippen LogP contribution in [0.1, 0.15) is 6.92 Å². The molecule has 0 radical (unpaired) electrons. The molecule has 0 aliphatic carbocycles. The molecule has 0 unspecified atom stereocenters. The van der Waals surface area contributed by atoms with Crippen LogP contribution in [0, 0.1) is 0 Å². The summed E-state index contributed by atoms with van der Waals surface area (Å²) in [4.78, 5) is 11.2. The number of carbonyl (C=O) groups is 1. The molecule has 0 aromatic rings. The quantitative estimate of drug-likeness (QED) is 0.298. The Morgan fingerprint density at radius 2 is 1.75 bits per heavy atom. The molecule has 4 N–H and O–H groups in total. The third-order valence-electron chi connectivity index (χ3n) is 2.11. The summed E-state index contributed by atoms with van der Waals surface area (Å²) in [5.41, 5.74) is 0. The maximum atomic E-state index is 11.2. The van der Waals surface area contributed by atoms with Gasteiger partial charge in [-0.3, -0.25) is 0 Å². The van der Waals surface area contributed by atoms with E-state index in [9.17, 15) is 15.0 Å². The SMILES string of the molecule is CCOC(=O)[C@H]1O[C@@H](O)[C@H](O)[C@@H](O)[C@@H]1O.[NaH]. The molecule has 90 valence electrons. The number of esters is 1. The number of aliphatic hydroxyl groups is 4. The number of rotatable bonds is 2. The summed E-state index contributed by atoms with van der Waals surface area (Å²) in [6.07, 6.45) is -8.13. The van der Waals surface area contributed by atoms with Crippen molar-refractivity contribution in [1.29, 1.82) is 0 Å². The molecule has 0 bridgehead atoms. The molecule has 1 aliphatic rings. The normalized spacial score (nSPS) is 38.7. The monoisotopic (exact) mass is 246 g/mol. The topological polar surface area (TPSA) is 116 Å². The average molecular weight is 246 g/mol. The molecule has 8 heteroatoms. The van der Waals surface area contributed by atoms with Crippen LogP contribution in [-0.2, 0) is 14.3 Å². The third-order valence-corrected chi connectivity index (χ3v) is 2.11. The van der Waals surface area contributed by atoms with Crippen molar-refractivity contribution in [2.45, 2.75) is 37.6 Å². The predicted molar refractivity (Wildman–Crippen MR) is 52.7 cm³/mol. The first-order valence-electron chi connectivity index (χ1n) is 4.53. The van der Waals surface area contributed by atoms with Gasteiger partial charge in [-0.2, -0.15) is 0 Å². The molecule has 1 saturated heterocycles. The summed E-state index contributed by atoms with van der Waals surface area (Å²) in [5, 5.41) is 36.8. The molecule has 1 aliphatic heterocycles. The van der Waals surface area contributed by atoms with Gasteiger partial charge in [0.2, 0.25) is 0 Å². The first-order valence-corrected chi connectivity index (χ1v) is 4.53. The average Bonchev–Trinajstić information content (AvgIpc) is 2.20. The van der Waals surface area contributed by atoms with Gasteiger partial charge < -0.3 is 29.9 Å². The molecular weight excluding hydrogens is 231 g/mol. The van der Waals surface area contributed by atoms with Crippen molar-refractivity contribution in [3.05, 3.63) is 0 Å². The molecule has 1 heterocycles. The van der Waals surface area contributed by atoms with Crippen molar-refractivity contribution in [3.8, 4) is 0 Å². The van der Waals surface area contributed by atoms with Gasteiger partial charge in [-0.25, -0.2) is 4.79 Å². The second-order valence-corrected chi connectivity index (χ2v) is 3.17. The molecule has 16 heavy (non-hydrogen) atoms. The summed E-state index contributed by atoms with van der Waals surface area (Å²) >= 11 is 0. The van der Waals surface area contributed by atoms with Crippen LogP contribution in [0.25, 0.3) is 0 Å². The maximum absolute atomic E-state index is 11.2. The van der Waals surface area contributed by atoms with Gasteiger partial charge in [0, 0.05) is 0 Å². The second kappa shape index (κ2) is 6.87. The third kappa shape index (κ3) is 3.38. The van der Waals surface area contributed by atoms with E-state index < -0.39 is 36.7 Å². The van der Waals surface area contributed by atoms with E-state index in [1.165, 1.54) is 0 Å². The molecule has 5 atom stereocenters. The van der Waals surface area contributed by atoms with Crippen molar-refractivity contribution in [2.75, 3.05) is 6.61 Å². The summed E-state index contributed by atoms with van der Waals surface area (Å²) < 4.78 is 9.17. The standard InChI is InChI=1S/C8H14O7.Na.H/c1-2-14-8(13)6-4(10)3(9)5(11)7(12)15-6;;/h3-7,9-12H,2H2,1H3;;/t3-,4-,5+,6-,7+;;/m0../s1. The van der Waals surface area contributed by atoms with Gasteiger partial charge in [0.1, 0.15) is 18.3 Å². The van der Waals surface area contributed by atoms with Crippen molar-refractivity contribution >= 4 is 35.5 Å². The Bertz CT molecular complexity index is 236. The van der Waals surface area contributed by atoms with Crippen LogP contribution in [0.2, 0.25) is 0 Å². The first kappa shape index (κ1) is 16.3. The van der Waals surface area contributed by atoms with E-state index in [0.717, 1.165) is 0 Å². The zero-order valence-corrected chi connectivity index (χ0v) is 8.11. The molecule has 0 amide bonds. The minimum atomic E-state index is -1.72. The van der Waals surface area contributed by atoms with Gasteiger partial charge in [0.25, 0.3) is 0 Å². The minimum absolute atomic E-state index is 0. The summed E-state index contributed by atoms with van der Waals surface area (Å²) in [6, 6.07) is 0. The number of carbonyl (C=O) groups excluding carboxylic acids is 1. The number of hydrogen-bond acceptors (Lipinski definition) is 7. The Hall–Kier alpha value is 0.270. The summed E-state index contributed by atoms with van der Waals surface area (Å²) in [6.45, 7) is 1.65. The van der Waals surface area contributed by atoms with Crippen LogP contribution in [-0.4, -0.2) is 93.3 Å². The molecule has 0 aromatic carbocycles. The van der Waals surface area contributed by atoms with Crippen LogP contribution in [0.4, 0.5) is 0 Å². The van der Waals surface area contributed by atoms with Gasteiger partial charge >= 0.3 is 35.5 Å². The van der Waals surface area contributed by atoms with E-state index in [4.69, 9.17) is 10.2 Å². The molecule has 0 saturated carbocycles. The van der Waals surface area contributed by atoms with E-state index in [0.29, 0.717) is 0 Å². The van der Waals surface area contributed by atoms with Crippen molar-refractivity contribution in [1.82, 2.24) is 0 Å². The van der Waals surface area contributed by atoms with Crippen LogP contribution < -0.4 is 0 Å². The van der Waals surface area contributed by atoms with Gasteiger partial charge in [-0.1, -0.05) is 0 Å². The number of ether oxygens (including phenoxy) is 2. The van der Waals surface area contributed by atoms with Crippen LogP contribution in [0.5, 0.6) is 0 Å². The van der Waals surface area contributed by atoms with Crippen molar-refractivity contribution in [2.24, 2.45) is 0 Å². The van der Waals surface area contributed by atoms with E-state index in [1.807, 2.05) is 0 Å². The Kier molecular flexibility index (Phi) is 6.99. The number of aliphatic hydroxyl groups excluding tert-OH is 4. The molecular formula is C8H15NaO7. The van der Waals surface area contributed by atoms with E-state index in [2.05, 4.69) is 9.47 Å². The van der Waals surface area contributed by atoms with Crippen LogP contribution >= 0.6 is 0 Å². The second-order valence-electron chi connectivity index (χ2n) is 3.17. The summed E-state index contributed by atoms with van der Waals surface area (Å²) in [7, 11) is 0. The van der Waals surface area contributed by atoms with E-state index in [1.54, 1.807) is 6.92 Å². The van der Waals surface area contributed by atoms with Crippen molar-refractivity contribution in [3.63, 3.8) is 0 Å². The fourth-order valence-electron chi connectivity index (χ4n) is 1.28. The fraction of sp³-hybridized carbons (Fsp3) is 0.875. The van der Waals surface area contributed by atoms with Gasteiger partial charge in [0.05, 0.1) is 6.61 Å². The Balaban J connectivity index is 0.00000225.